The van der Waals surface area contributed by atoms with Gasteiger partial charge in [0.2, 0.25) is 5.91 Å². The van der Waals surface area contributed by atoms with Crippen molar-refractivity contribution in [1.82, 2.24) is 20.8 Å². The lowest BCUT2D eigenvalue weighted by atomic mass is 9.77. The van der Waals surface area contributed by atoms with Gasteiger partial charge < -0.3 is 10.6 Å². The Morgan fingerprint density at radius 1 is 1.27 bits per heavy atom. The molecule has 8 heteroatoms. The Morgan fingerprint density at radius 2 is 2.12 bits per heavy atom. The van der Waals surface area contributed by atoms with E-state index >= 15 is 0 Å². The number of carbonyl (C=O) groups is 1. The number of aromatic nitrogens is 2. The highest BCUT2D eigenvalue weighted by atomic mass is 19.1. The molecule has 2 aliphatic carbocycles. The number of carbonyl (C=O) groups excluding carboxylic acids is 1. The number of fused-ring (bicyclic) bond motifs is 1. The molecule has 1 aromatic heterocycles. The molecule has 144 valence electrons. The third-order valence-electron chi connectivity index (χ3n) is 6.52. The molecule has 0 aromatic carbocycles. The first-order chi connectivity index (χ1) is 12.5. The molecule has 1 saturated heterocycles. The molecule has 4 rings (SSSR count). The largest absolute Gasteiger partial charge is 0.438 e. The van der Waals surface area contributed by atoms with Crippen molar-refractivity contribution in [2.24, 2.45) is 11.8 Å². The topological polar surface area (TPSA) is 100 Å². The van der Waals surface area contributed by atoms with Crippen molar-refractivity contribution in [3.05, 3.63) is 16.4 Å². The molecule has 0 radical (unpaired) electrons. The molecule has 1 aliphatic heterocycles. The summed E-state index contributed by atoms with van der Waals surface area (Å²) in [5.41, 5.74) is 0. The molecule has 2 saturated carbocycles. The first-order valence-corrected chi connectivity index (χ1v) is 9.77. The van der Waals surface area contributed by atoms with Crippen molar-refractivity contribution < 1.29 is 13.7 Å². The van der Waals surface area contributed by atoms with E-state index < -0.39 is 11.9 Å². The number of amides is 1. The van der Waals surface area contributed by atoms with E-state index in [4.69, 9.17) is 0 Å². The standard InChI is InChI=1S/C18H27FN4O3/c1-9-5-6-13(19)12-8-14(21-15(9)12)17(24)20-11-4-2-3-10(7-11)16-22-18(25)26-23-16/h9-15,21H,2-8H2,1H3,(H,20,24)(H,22,23,25). The van der Waals surface area contributed by atoms with Crippen molar-refractivity contribution in [1.29, 1.82) is 0 Å². The molecule has 2 heterocycles. The first-order valence-electron chi connectivity index (χ1n) is 9.77. The molecule has 1 amide bonds. The molecule has 7 atom stereocenters. The zero-order chi connectivity index (χ0) is 18.3. The lowest BCUT2D eigenvalue weighted by Crippen LogP contribution is -2.49. The smallest absolute Gasteiger partial charge is 0.352 e. The Kier molecular flexibility index (Phi) is 4.86. The number of halogens is 1. The van der Waals surface area contributed by atoms with Gasteiger partial charge in [0.25, 0.3) is 0 Å². The van der Waals surface area contributed by atoms with Gasteiger partial charge in [0.15, 0.2) is 5.82 Å². The van der Waals surface area contributed by atoms with Crippen LogP contribution in [0.25, 0.3) is 0 Å². The van der Waals surface area contributed by atoms with Crippen LogP contribution in [-0.4, -0.2) is 40.3 Å². The molecule has 7 unspecified atom stereocenters. The molecular weight excluding hydrogens is 339 g/mol. The summed E-state index contributed by atoms with van der Waals surface area (Å²) in [5.74, 6) is 0.446. The summed E-state index contributed by atoms with van der Waals surface area (Å²) < 4.78 is 18.8. The minimum absolute atomic E-state index is 0.0295. The highest BCUT2D eigenvalue weighted by Crippen LogP contribution is 2.39. The lowest BCUT2D eigenvalue weighted by molar-refractivity contribution is -0.123. The number of hydrogen-bond acceptors (Lipinski definition) is 5. The number of nitrogens with zero attached hydrogens (tertiary/aromatic N) is 1. The van der Waals surface area contributed by atoms with Crippen LogP contribution in [0.5, 0.6) is 0 Å². The Hall–Kier alpha value is -1.70. The fraction of sp³-hybridized carbons (Fsp3) is 0.833. The molecular formula is C18H27FN4O3. The van der Waals surface area contributed by atoms with Crippen LogP contribution < -0.4 is 16.4 Å². The quantitative estimate of drug-likeness (QED) is 0.755. The summed E-state index contributed by atoms with van der Waals surface area (Å²) >= 11 is 0. The van der Waals surface area contributed by atoms with Crippen LogP contribution >= 0.6 is 0 Å². The normalized spacial score (nSPS) is 40.2. The Labute approximate surface area is 151 Å². The molecule has 0 spiro atoms. The maximum Gasteiger partial charge on any atom is 0.438 e. The summed E-state index contributed by atoms with van der Waals surface area (Å²) in [6.45, 7) is 2.14. The maximum atomic E-state index is 14.2. The maximum absolute atomic E-state index is 14.2. The van der Waals surface area contributed by atoms with Gasteiger partial charge in [-0.1, -0.05) is 18.5 Å². The van der Waals surface area contributed by atoms with Gasteiger partial charge in [-0.05, 0) is 44.4 Å². The Morgan fingerprint density at radius 3 is 2.85 bits per heavy atom. The van der Waals surface area contributed by atoms with Crippen molar-refractivity contribution in [2.75, 3.05) is 0 Å². The first kappa shape index (κ1) is 17.7. The summed E-state index contributed by atoms with van der Waals surface area (Å²) in [5, 5.41) is 10.3. The van der Waals surface area contributed by atoms with Gasteiger partial charge in [-0.3, -0.25) is 14.3 Å². The highest BCUT2D eigenvalue weighted by Gasteiger charge is 2.46. The van der Waals surface area contributed by atoms with E-state index in [2.05, 4.69) is 32.2 Å². The van der Waals surface area contributed by atoms with Crippen LogP contribution in [0.15, 0.2) is 9.32 Å². The van der Waals surface area contributed by atoms with E-state index in [1.54, 1.807) is 0 Å². The van der Waals surface area contributed by atoms with Gasteiger partial charge in [0.1, 0.15) is 6.17 Å². The van der Waals surface area contributed by atoms with E-state index in [0.717, 1.165) is 32.1 Å². The van der Waals surface area contributed by atoms with Crippen LogP contribution in [0, 0.1) is 11.8 Å². The minimum Gasteiger partial charge on any atom is -0.352 e. The number of aromatic amines is 1. The molecule has 3 fully saturated rings. The summed E-state index contributed by atoms with van der Waals surface area (Å²) in [6.07, 6.45) is 4.78. The van der Waals surface area contributed by atoms with Gasteiger partial charge >= 0.3 is 5.76 Å². The minimum atomic E-state index is -0.801. The van der Waals surface area contributed by atoms with E-state index in [-0.39, 0.29) is 35.9 Å². The number of alkyl halides is 1. The molecule has 0 bridgehead atoms. The number of nitrogens with one attached hydrogen (secondary N) is 3. The highest BCUT2D eigenvalue weighted by molar-refractivity contribution is 5.82. The van der Waals surface area contributed by atoms with E-state index in [1.807, 2.05) is 0 Å². The predicted octanol–water partition coefficient (Wildman–Crippen LogP) is 1.62. The SMILES string of the molecule is CC1CCC(F)C2CC(C(=O)NC3CCCC(c4noc(=O)[nH]4)C3)NC12. The molecule has 3 N–H and O–H groups in total. The Bertz CT molecular complexity index is 687. The third-order valence-corrected chi connectivity index (χ3v) is 6.52. The summed E-state index contributed by atoms with van der Waals surface area (Å²) in [7, 11) is 0. The molecule has 26 heavy (non-hydrogen) atoms. The average Bonchev–Trinajstić information content (AvgIpc) is 3.26. The molecule has 7 nitrogen and oxygen atoms in total. The van der Waals surface area contributed by atoms with Gasteiger partial charge in [0.05, 0.1) is 6.04 Å². The monoisotopic (exact) mass is 366 g/mol. The van der Waals surface area contributed by atoms with E-state index in [0.29, 0.717) is 24.6 Å². The molecule has 3 aliphatic rings. The van der Waals surface area contributed by atoms with Gasteiger partial charge in [-0.15, -0.1) is 0 Å². The van der Waals surface area contributed by atoms with Crippen LogP contribution in [0.2, 0.25) is 0 Å². The molecule has 1 aromatic rings. The van der Waals surface area contributed by atoms with Crippen molar-refractivity contribution >= 4 is 5.91 Å². The second-order valence-corrected chi connectivity index (χ2v) is 8.26. The zero-order valence-electron chi connectivity index (χ0n) is 15.0. The van der Waals surface area contributed by atoms with Gasteiger partial charge in [-0.2, -0.15) is 0 Å². The van der Waals surface area contributed by atoms with Crippen LogP contribution in [0.4, 0.5) is 4.39 Å². The number of H-pyrrole nitrogens is 1. The summed E-state index contributed by atoms with van der Waals surface area (Å²) in [6, 6.07) is -0.158. The van der Waals surface area contributed by atoms with E-state index in [9.17, 15) is 14.0 Å². The van der Waals surface area contributed by atoms with Crippen LogP contribution in [0.3, 0.4) is 0 Å². The van der Waals surface area contributed by atoms with Crippen molar-refractivity contribution in [3.8, 4) is 0 Å². The third kappa shape index (κ3) is 3.43. The fourth-order valence-electron chi connectivity index (χ4n) is 5.09. The zero-order valence-corrected chi connectivity index (χ0v) is 15.0. The Balaban J connectivity index is 1.35. The summed E-state index contributed by atoms with van der Waals surface area (Å²) in [4.78, 5) is 26.5. The second kappa shape index (κ2) is 7.13. The lowest BCUT2D eigenvalue weighted by Gasteiger charge is -2.33. The number of hydrogen-bond donors (Lipinski definition) is 3. The fourth-order valence-corrected chi connectivity index (χ4v) is 5.09. The van der Waals surface area contributed by atoms with E-state index in [1.165, 1.54) is 0 Å². The number of rotatable bonds is 3. The van der Waals surface area contributed by atoms with Crippen molar-refractivity contribution in [2.45, 2.75) is 82.1 Å². The van der Waals surface area contributed by atoms with Gasteiger partial charge in [-0.25, -0.2) is 9.18 Å². The van der Waals surface area contributed by atoms with Crippen LogP contribution in [0.1, 0.15) is 63.6 Å². The predicted molar refractivity (Wildman–Crippen MR) is 92.4 cm³/mol. The van der Waals surface area contributed by atoms with Gasteiger partial charge in [0, 0.05) is 23.9 Å². The second-order valence-electron chi connectivity index (χ2n) is 8.26. The average molecular weight is 366 g/mol. The van der Waals surface area contributed by atoms with Crippen LogP contribution in [-0.2, 0) is 4.79 Å². The van der Waals surface area contributed by atoms with Crippen molar-refractivity contribution in [3.63, 3.8) is 0 Å².